The van der Waals surface area contributed by atoms with Crippen LogP contribution in [0.1, 0.15) is 12.5 Å². The van der Waals surface area contributed by atoms with Gasteiger partial charge in [0, 0.05) is 23.6 Å². The van der Waals surface area contributed by atoms with Gasteiger partial charge in [-0.05, 0) is 30.2 Å². The van der Waals surface area contributed by atoms with Crippen LogP contribution in [-0.2, 0) is 20.9 Å². The van der Waals surface area contributed by atoms with Gasteiger partial charge in [0.25, 0.3) is 5.69 Å². The van der Waals surface area contributed by atoms with Crippen molar-refractivity contribution in [2.24, 2.45) is 5.11 Å². The summed E-state index contributed by atoms with van der Waals surface area (Å²) in [5.74, 6) is -0.818. The number of fused-ring (bicyclic) bond motifs is 1. The molecule has 0 aliphatic carbocycles. The minimum Gasteiger partial charge on any atom is -0.459 e. The van der Waals surface area contributed by atoms with E-state index in [4.69, 9.17) is 10.3 Å². The summed E-state index contributed by atoms with van der Waals surface area (Å²) < 4.78 is 4.55. The summed E-state index contributed by atoms with van der Waals surface area (Å²) in [6.07, 6.45) is 0. The van der Waals surface area contributed by atoms with E-state index in [0.29, 0.717) is 5.56 Å². The van der Waals surface area contributed by atoms with Gasteiger partial charge in [-0.1, -0.05) is 21.0 Å². The van der Waals surface area contributed by atoms with Crippen molar-refractivity contribution in [3.05, 3.63) is 50.4 Å². The number of hydrogen-bond donors (Lipinski definition) is 0. The predicted octanol–water partition coefficient (Wildman–Crippen LogP) is 2.75. The number of nitrogens with zero attached hydrogens (tertiary/aromatic N) is 5. The maximum atomic E-state index is 12.7. The lowest BCUT2D eigenvalue weighted by atomic mass is 9.96. The van der Waals surface area contributed by atoms with E-state index in [9.17, 15) is 19.7 Å². The van der Waals surface area contributed by atoms with Crippen molar-refractivity contribution < 1.29 is 19.2 Å². The van der Waals surface area contributed by atoms with E-state index in [-0.39, 0.29) is 34.9 Å². The third-order valence-electron chi connectivity index (χ3n) is 4.46. The summed E-state index contributed by atoms with van der Waals surface area (Å²) in [5.41, 5.74) is 9.15. The Labute approximate surface area is 166 Å². The molecule has 2 heterocycles. The van der Waals surface area contributed by atoms with Crippen LogP contribution in [-0.4, -0.2) is 49.2 Å². The van der Waals surface area contributed by atoms with Crippen LogP contribution in [0.5, 0.6) is 0 Å². The van der Waals surface area contributed by atoms with E-state index >= 15 is 0 Å². The second kappa shape index (κ2) is 7.37. The Morgan fingerprint density at radius 3 is 2.78 bits per heavy atom. The van der Waals surface area contributed by atoms with Crippen LogP contribution in [0.15, 0.2) is 29.4 Å². The minimum atomic E-state index is -0.877. The molecule has 27 heavy (non-hydrogen) atoms. The average molecular weight is 456 g/mol. The number of rotatable bonds is 6. The Bertz CT molecular complexity index is 846. The van der Waals surface area contributed by atoms with Crippen LogP contribution < -0.4 is 0 Å². The number of amides is 1. The van der Waals surface area contributed by atoms with Crippen molar-refractivity contribution in [1.29, 1.82) is 0 Å². The van der Waals surface area contributed by atoms with Crippen molar-refractivity contribution in [3.8, 4) is 0 Å². The smallest absolute Gasteiger partial charge is 0.330 e. The Kier molecular flexibility index (Phi) is 5.31. The number of nitro benzene ring substituents is 1. The van der Waals surface area contributed by atoms with E-state index in [1.807, 2.05) is 0 Å². The van der Waals surface area contributed by atoms with Crippen LogP contribution in [0.2, 0.25) is 0 Å². The summed E-state index contributed by atoms with van der Waals surface area (Å²) in [7, 11) is 0. The normalized spacial score (nSPS) is 28.7. The van der Waals surface area contributed by atoms with E-state index in [0.717, 1.165) is 0 Å². The fourth-order valence-electron chi connectivity index (χ4n) is 3.08. The summed E-state index contributed by atoms with van der Waals surface area (Å²) in [6, 6.07) is 4.77. The number of azide groups is 1. The SMILES string of the molecule is CC1(CN=[N+]=[N-])SC2C(Br)C(=O)N2C1C(=O)OCc1ccc([N+](=O)[O-])cc1. The highest BCUT2D eigenvalue weighted by molar-refractivity contribution is 9.10. The van der Waals surface area contributed by atoms with Crippen LogP contribution in [0.4, 0.5) is 5.69 Å². The Morgan fingerprint density at radius 1 is 1.52 bits per heavy atom. The maximum absolute atomic E-state index is 12.7. The molecule has 12 heteroatoms. The maximum Gasteiger partial charge on any atom is 0.330 e. The average Bonchev–Trinajstić information content (AvgIpc) is 2.95. The van der Waals surface area contributed by atoms with E-state index in [1.54, 1.807) is 6.92 Å². The van der Waals surface area contributed by atoms with Crippen LogP contribution in [0.25, 0.3) is 10.4 Å². The molecule has 2 fully saturated rings. The van der Waals surface area contributed by atoms with Crippen molar-refractivity contribution in [2.75, 3.05) is 6.54 Å². The number of non-ortho nitro benzene ring substituents is 1. The number of halogens is 1. The molecule has 142 valence electrons. The van der Waals surface area contributed by atoms with Crippen molar-refractivity contribution in [1.82, 2.24) is 4.90 Å². The zero-order chi connectivity index (χ0) is 19.8. The zero-order valence-electron chi connectivity index (χ0n) is 14.0. The van der Waals surface area contributed by atoms with Crippen LogP contribution in [0.3, 0.4) is 0 Å². The largest absolute Gasteiger partial charge is 0.459 e. The highest BCUT2D eigenvalue weighted by atomic mass is 79.9. The minimum absolute atomic E-state index is 0.0332. The first-order valence-corrected chi connectivity index (χ1v) is 9.63. The third-order valence-corrected chi connectivity index (χ3v) is 7.33. The van der Waals surface area contributed by atoms with Gasteiger partial charge in [-0.2, -0.15) is 0 Å². The molecule has 2 saturated heterocycles. The van der Waals surface area contributed by atoms with Gasteiger partial charge in [0.05, 0.1) is 9.67 Å². The number of esters is 1. The van der Waals surface area contributed by atoms with E-state index in [2.05, 4.69) is 26.0 Å². The second-order valence-electron chi connectivity index (χ2n) is 6.29. The zero-order valence-corrected chi connectivity index (χ0v) is 16.4. The van der Waals surface area contributed by atoms with Crippen molar-refractivity contribution >= 4 is 45.3 Å². The molecule has 0 N–H and O–H groups in total. The summed E-state index contributed by atoms with van der Waals surface area (Å²) in [6.45, 7) is 1.71. The van der Waals surface area contributed by atoms with Crippen LogP contribution in [0, 0.1) is 10.1 Å². The molecule has 10 nitrogen and oxygen atoms in total. The lowest BCUT2D eigenvalue weighted by Gasteiger charge is -2.41. The summed E-state index contributed by atoms with van der Waals surface area (Å²) in [4.78, 5) is 38.9. The number of alkyl halides is 1. The summed E-state index contributed by atoms with van der Waals surface area (Å²) >= 11 is 4.70. The van der Waals surface area contributed by atoms with E-state index in [1.165, 1.54) is 40.9 Å². The highest BCUT2D eigenvalue weighted by Crippen LogP contribution is 2.53. The molecule has 2 aliphatic rings. The number of benzene rings is 1. The Hall–Kier alpha value is -2.30. The molecular weight excluding hydrogens is 442 g/mol. The molecule has 0 spiro atoms. The van der Waals surface area contributed by atoms with Gasteiger partial charge < -0.3 is 9.64 Å². The van der Waals surface area contributed by atoms with Crippen molar-refractivity contribution in [3.63, 3.8) is 0 Å². The molecular formula is C15H14BrN5O5S. The molecule has 3 rings (SSSR count). The van der Waals surface area contributed by atoms with Gasteiger partial charge in [-0.3, -0.25) is 14.9 Å². The monoisotopic (exact) mass is 455 g/mol. The van der Waals surface area contributed by atoms with Gasteiger partial charge >= 0.3 is 5.97 Å². The molecule has 1 aromatic carbocycles. The molecule has 0 bridgehead atoms. The first-order valence-electron chi connectivity index (χ1n) is 7.83. The number of ether oxygens (including phenoxy) is 1. The quantitative estimate of drug-likeness (QED) is 0.0943. The molecule has 4 unspecified atom stereocenters. The second-order valence-corrected chi connectivity index (χ2v) is 8.93. The number of β-lactam (4-membered cyclic amide) rings is 1. The first-order chi connectivity index (χ1) is 12.8. The van der Waals surface area contributed by atoms with Gasteiger partial charge in [-0.15, -0.1) is 11.8 Å². The van der Waals surface area contributed by atoms with Gasteiger partial charge in [0.15, 0.2) is 0 Å². The lowest BCUT2D eigenvalue weighted by Crippen LogP contribution is -2.64. The van der Waals surface area contributed by atoms with Gasteiger partial charge in [0.2, 0.25) is 5.91 Å². The Morgan fingerprint density at radius 2 is 2.19 bits per heavy atom. The number of hydrogen-bond acceptors (Lipinski definition) is 7. The van der Waals surface area contributed by atoms with Crippen LogP contribution >= 0.6 is 27.7 Å². The number of carbonyl (C=O) groups excluding carboxylic acids is 2. The predicted molar refractivity (Wildman–Crippen MR) is 100 cm³/mol. The topological polar surface area (TPSA) is 139 Å². The number of carbonyl (C=O) groups is 2. The van der Waals surface area contributed by atoms with E-state index < -0.39 is 21.7 Å². The third kappa shape index (κ3) is 3.47. The summed E-state index contributed by atoms with van der Waals surface area (Å²) in [5, 5.41) is 14.0. The molecule has 1 aromatic rings. The van der Waals surface area contributed by atoms with Gasteiger partial charge in [-0.25, -0.2) is 4.79 Å². The molecule has 1 amide bonds. The first kappa shape index (κ1) is 19.5. The standard InChI is InChI=1S/C15H14BrN5O5S/c1-15(7-18-19-17)11(20-12(22)10(16)13(20)27-15)14(23)26-6-8-2-4-9(5-3-8)21(24)25/h2-5,10-11,13H,6-7H2,1H3. The van der Waals surface area contributed by atoms with Gasteiger partial charge in [0.1, 0.15) is 22.8 Å². The molecule has 4 atom stereocenters. The molecule has 2 aliphatic heterocycles. The lowest BCUT2D eigenvalue weighted by molar-refractivity contribution is -0.384. The number of thioether (sulfide) groups is 1. The molecule has 0 saturated carbocycles. The molecule has 0 aromatic heterocycles. The fraction of sp³-hybridized carbons (Fsp3) is 0.467. The highest BCUT2D eigenvalue weighted by Gasteiger charge is 2.64. The van der Waals surface area contributed by atoms with Crippen molar-refractivity contribution in [2.45, 2.75) is 34.5 Å². The number of nitro groups is 1. The fourth-order valence-corrected chi connectivity index (χ4v) is 5.49. The Balaban J connectivity index is 1.73. The molecule has 0 radical (unpaired) electrons.